The van der Waals surface area contributed by atoms with E-state index in [0.717, 1.165) is 11.3 Å². The molecule has 82 valence electrons. The monoisotopic (exact) mass is 210 g/mol. The third-order valence-electron chi connectivity index (χ3n) is 1.95. The van der Waals surface area contributed by atoms with E-state index in [4.69, 9.17) is 14.6 Å². The molecule has 0 fully saturated rings. The average molecular weight is 210 g/mol. The van der Waals surface area contributed by atoms with Crippen molar-refractivity contribution in [1.29, 1.82) is 0 Å². The summed E-state index contributed by atoms with van der Waals surface area (Å²) < 4.78 is 10.4. The van der Waals surface area contributed by atoms with Crippen molar-refractivity contribution in [2.45, 2.75) is 13.3 Å². The highest BCUT2D eigenvalue weighted by molar-refractivity contribution is 5.66. The predicted octanol–water partition coefficient (Wildman–Crippen LogP) is 1.86. The van der Waals surface area contributed by atoms with Crippen molar-refractivity contribution in [1.82, 2.24) is 0 Å². The van der Waals surface area contributed by atoms with Crippen LogP contribution < -0.4 is 9.47 Å². The number of carbonyl (C=O) groups is 1. The quantitative estimate of drug-likeness (QED) is 0.805. The zero-order valence-corrected chi connectivity index (χ0v) is 8.82. The molecule has 0 saturated carbocycles. The van der Waals surface area contributed by atoms with Crippen molar-refractivity contribution < 1.29 is 19.4 Å². The van der Waals surface area contributed by atoms with Gasteiger partial charge in [0.05, 0.1) is 20.1 Å². The lowest BCUT2D eigenvalue weighted by molar-refractivity contribution is -0.137. The van der Waals surface area contributed by atoms with Crippen LogP contribution in [0.2, 0.25) is 0 Å². The van der Waals surface area contributed by atoms with Crippen LogP contribution in [0.5, 0.6) is 11.5 Å². The maximum Gasteiger partial charge on any atom is 0.306 e. The summed E-state index contributed by atoms with van der Waals surface area (Å²) in [6.45, 7) is 2.09. The smallest absolute Gasteiger partial charge is 0.306 e. The number of hydrogen-bond donors (Lipinski definition) is 1. The lowest BCUT2D eigenvalue weighted by Crippen LogP contribution is -2.04. The Labute approximate surface area is 88.4 Å². The first kappa shape index (κ1) is 11.4. The molecule has 1 aromatic rings. The minimum Gasteiger partial charge on any atom is -0.496 e. The number of hydrogen-bond acceptors (Lipinski definition) is 3. The lowest BCUT2D eigenvalue weighted by atomic mass is 10.2. The summed E-state index contributed by atoms with van der Waals surface area (Å²) in [5, 5.41) is 8.43. The fourth-order valence-corrected chi connectivity index (χ4v) is 1.20. The number of ether oxygens (including phenoxy) is 2. The maximum atomic E-state index is 10.3. The third kappa shape index (κ3) is 3.50. The number of rotatable bonds is 5. The molecule has 4 nitrogen and oxygen atoms in total. The van der Waals surface area contributed by atoms with Crippen molar-refractivity contribution >= 4 is 5.97 Å². The van der Waals surface area contributed by atoms with E-state index < -0.39 is 5.97 Å². The standard InChI is InChI=1S/C11H14O4/c1-8-7-9(3-4-10(8)14-2)15-6-5-11(12)13/h3-4,7H,5-6H2,1-2H3,(H,12,13). The van der Waals surface area contributed by atoms with Gasteiger partial charge in [-0.25, -0.2) is 0 Å². The highest BCUT2D eigenvalue weighted by Crippen LogP contribution is 2.22. The maximum absolute atomic E-state index is 10.3. The van der Waals surface area contributed by atoms with Crippen LogP contribution in [0.25, 0.3) is 0 Å². The van der Waals surface area contributed by atoms with Gasteiger partial charge in [-0.15, -0.1) is 0 Å². The molecular weight excluding hydrogens is 196 g/mol. The van der Waals surface area contributed by atoms with E-state index in [9.17, 15) is 4.79 Å². The van der Waals surface area contributed by atoms with E-state index in [2.05, 4.69) is 0 Å². The highest BCUT2D eigenvalue weighted by Gasteiger charge is 2.02. The second-order valence-corrected chi connectivity index (χ2v) is 3.12. The summed E-state index contributed by atoms with van der Waals surface area (Å²) in [5.41, 5.74) is 0.963. The van der Waals surface area contributed by atoms with E-state index in [-0.39, 0.29) is 13.0 Å². The van der Waals surface area contributed by atoms with Crippen LogP contribution in [0, 0.1) is 6.92 Å². The molecule has 0 saturated heterocycles. The van der Waals surface area contributed by atoms with Crippen molar-refractivity contribution in [3.63, 3.8) is 0 Å². The van der Waals surface area contributed by atoms with Crippen molar-refractivity contribution in [2.75, 3.05) is 13.7 Å². The fraction of sp³-hybridized carbons (Fsp3) is 0.364. The molecule has 0 aromatic heterocycles. The van der Waals surface area contributed by atoms with Crippen LogP contribution in [0.1, 0.15) is 12.0 Å². The average Bonchev–Trinajstić information content (AvgIpc) is 2.17. The van der Waals surface area contributed by atoms with Gasteiger partial charge < -0.3 is 14.6 Å². The number of carboxylic acids is 1. The van der Waals surface area contributed by atoms with E-state index in [0.29, 0.717) is 5.75 Å². The predicted molar refractivity (Wildman–Crippen MR) is 55.5 cm³/mol. The van der Waals surface area contributed by atoms with Gasteiger partial charge in [0.25, 0.3) is 0 Å². The summed E-state index contributed by atoms with van der Waals surface area (Å²) in [4.78, 5) is 10.3. The zero-order valence-electron chi connectivity index (χ0n) is 8.82. The summed E-state index contributed by atoms with van der Waals surface area (Å²) in [5.74, 6) is 0.593. The van der Waals surface area contributed by atoms with Crippen LogP contribution in [0.3, 0.4) is 0 Å². The summed E-state index contributed by atoms with van der Waals surface area (Å²) in [6.07, 6.45) is 0.00504. The van der Waals surface area contributed by atoms with Crippen LogP contribution in [0.4, 0.5) is 0 Å². The Bertz CT molecular complexity index is 346. The number of benzene rings is 1. The van der Waals surface area contributed by atoms with Gasteiger partial charge in [0, 0.05) is 0 Å². The molecule has 15 heavy (non-hydrogen) atoms. The van der Waals surface area contributed by atoms with Crippen LogP contribution in [-0.2, 0) is 4.79 Å². The fourth-order valence-electron chi connectivity index (χ4n) is 1.20. The summed E-state index contributed by atoms with van der Waals surface area (Å²) in [7, 11) is 1.60. The molecule has 0 atom stereocenters. The first-order valence-corrected chi connectivity index (χ1v) is 4.62. The van der Waals surface area contributed by atoms with E-state index in [1.807, 2.05) is 13.0 Å². The molecule has 0 aliphatic heterocycles. The van der Waals surface area contributed by atoms with Crippen LogP contribution in [-0.4, -0.2) is 24.8 Å². The Morgan fingerprint density at radius 2 is 2.20 bits per heavy atom. The molecule has 0 bridgehead atoms. The Kier molecular flexibility index (Phi) is 3.97. The Hall–Kier alpha value is -1.71. The van der Waals surface area contributed by atoms with Crippen molar-refractivity contribution in [3.05, 3.63) is 23.8 Å². The first-order chi connectivity index (χ1) is 7.13. The minimum atomic E-state index is -0.861. The van der Waals surface area contributed by atoms with Gasteiger partial charge in [0.15, 0.2) is 0 Å². The zero-order chi connectivity index (χ0) is 11.3. The van der Waals surface area contributed by atoms with E-state index in [1.165, 1.54) is 0 Å². The molecule has 0 aliphatic rings. The van der Waals surface area contributed by atoms with Gasteiger partial charge in [-0.1, -0.05) is 0 Å². The second-order valence-electron chi connectivity index (χ2n) is 3.12. The van der Waals surface area contributed by atoms with E-state index >= 15 is 0 Å². The summed E-state index contributed by atoms with van der Waals surface area (Å²) in [6, 6.07) is 5.37. The number of carboxylic acid groups (broad SMARTS) is 1. The molecule has 0 spiro atoms. The molecule has 0 aliphatic carbocycles. The van der Waals surface area contributed by atoms with Gasteiger partial charge in [0.2, 0.25) is 0 Å². The van der Waals surface area contributed by atoms with Crippen molar-refractivity contribution in [2.24, 2.45) is 0 Å². The number of aryl methyl sites for hydroxylation is 1. The molecule has 0 heterocycles. The minimum absolute atomic E-state index is 0.00504. The van der Waals surface area contributed by atoms with E-state index in [1.54, 1.807) is 19.2 Å². The van der Waals surface area contributed by atoms with Gasteiger partial charge in [-0.05, 0) is 30.7 Å². The Morgan fingerprint density at radius 1 is 1.47 bits per heavy atom. The second kappa shape index (κ2) is 5.24. The van der Waals surface area contributed by atoms with Crippen LogP contribution >= 0.6 is 0 Å². The number of aliphatic carboxylic acids is 1. The molecule has 1 aromatic carbocycles. The van der Waals surface area contributed by atoms with Gasteiger partial charge >= 0.3 is 5.97 Å². The first-order valence-electron chi connectivity index (χ1n) is 4.62. The number of methoxy groups -OCH3 is 1. The lowest BCUT2D eigenvalue weighted by Gasteiger charge is -2.08. The molecular formula is C11H14O4. The Balaban J connectivity index is 2.55. The van der Waals surface area contributed by atoms with Gasteiger partial charge in [-0.3, -0.25) is 4.79 Å². The molecule has 1 rings (SSSR count). The molecule has 4 heteroatoms. The topological polar surface area (TPSA) is 55.8 Å². The largest absolute Gasteiger partial charge is 0.496 e. The van der Waals surface area contributed by atoms with Gasteiger partial charge in [-0.2, -0.15) is 0 Å². The molecule has 0 unspecified atom stereocenters. The third-order valence-corrected chi connectivity index (χ3v) is 1.95. The summed E-state index contributed by atoms with van der Waals surface area (Å²) >= 11 is 0. The normalized spacial score (nSPS) is 9.73. The molecule has 1 N–H and O–H groups in total. The van der Waals surface area contributed by atoms with Gasteiger partial charge in [0.1, 0.15) is 11.5 Å². The Morgan fingerprint density at radius 3 is 2.73 bits per heavy atom. The highest BCUT2D eigenvalue weighted by atomic mass is 16.5. The van der Waals surface area contributed by atoms with Crippen LogP contribution in [0.15, 0.2) is 18.2 Å². The van der Waals surface area contributed by atoms with Crippen molar-refractivity contribution in [3.8, 4) is 11.5 Å². The SMILES string of the molecule is COc1ccc(OCCC(=O)O)cc1C. The molecule has 0 amide bonds. The molecule has 0 radical (unpaired) electrons.